The average Bonchev–Trinajstić information content (AvgIpc) is 3.42. The molecule has 3 N–H and O–H groups in total. The summed E-state index contributed by atoms with van der Waals surface area (Å²) in [4.78, 5) is 17.3. The molecule has 0 radical (unpaired) electrons. The number of amides is 1. The molecular formula is C22H31Cl2N3O. The summed E-state index contributed by atoms with van der Waals surface area (Å²) in [5.41, 5.74) is 13.2. The van der Waals surface area contributed by atoms with Crippen molar-refractivity contribution in [1.29, 1.82) is 0 Å². The van der Waals surface area contributed by atoms with Crippen molar-refractivity contribution in [3.8, 4) is 11.1 Å². The van der Waals surface area contributed by atoms with Crippen LogP contribution in [0.2, 0.25) is 0 Å². The van der Waals surface area contributed by atoms with Crippen molar-refractivity contribution < 1.29 is 4.79 Å². The number of carbonyl (C=O) groups is 1. The quantitative estimate of drug-likeness (QED) is 0.669. The second-order valence-electron chi connectivity index (χ2n) is 7.80. The van der Waals surface area contributed by atoms with Crippen molar-refractivity contribution >= 4 is 36.4 Å². The van der Waals surface area contributed by atoms with Crippen LogP contribution in [0.3, 0.4) is 0 Å². The summed E-state index contributed by atoms with van der Waals surface area (Å²) >= 11 is 0. The summed E-state index contributed by atoms with van der Waals surface area (Å²) in [6, 6.07) is 8.41. The number of hydrogen-bond donors (Lipinski definition) is 2. The highest BCUT2D eigenvalue weighted by molar-refractivity contribution is 5.99. The highest BCUT2D eigenvalue weighted by Crippen LogP contribution is 2.38. The van der Waals surface area contributed by atoms with Crippen LogP contribution in [0.15, 0.2) is 24.3 Å². The molecule has 28 heavy (non-hydrogen) atoms. The van der Waals surface area contributed by atoms with Crippen LogP contribution in [-0.2, 0) is 17.8 Å². The van der Waals surface area contributed by atoms with Gasteiger partial charge in [0.25, 0.3) is 0 Å². The fraction of sp³-hybridized carbons (Fsp3) is 0.455. The number of carbonyl (C=O) groups excluding carboxylic acids is 1. The van der Waals surface area contributed by atoms with Crippen LogP contribution in [0, 0.1) is 25.7 Å². The Kier molecular flexibility index (Phi) is 8.93. The Labute approximate surface area is 180 Å². The van der Waals surface area contributed by atoms with Crippen LogP contribution in [-0.4, -0.2) is 10.9 Å². The zero-order chi connectivity index (χ0) is 18.8. The highest BCUT2D eigenvalue weighted by atomic mass is 35.5. The van der Waals surface area contributed by atoms with Crippen molar-refractivity contribution in [3.63, 3.8) is 0 Å². The minimum absolute atomic E-state index is 0. The third kappa shape index (κ3) is 5.47. The lowest BCUT2D eigenvalue weighted by molar-refractivity contribution is -0.117. The average molecular weight is 424 g/mol. The highest BCUT2D eigenvalue weighted by Gasteiger charge is 2.31. The first-order chi connectivity index (χ1) is 12.4. The van der Waals surface area contributed by atoms with Crippen molar-refractivity contribution in [2.45, 2.75) is 53.5 Å². The van der Waals surface area contributed by atoms with Crippen molar-refractivity contribution in [2.24, 2.45) is 17.6 Å². The van der Waals surface area contributed by atoms with Crippen molar-refractivity contribution in [2.75, 3.05) is 5.32 Å². The molecule has 0 aliphatic heterocycles. The maximum atomic E-state index is 12.5. The van der Waals surface area contributed by atoms with Gasteiger partial charge in [0.15, 0.2) is 0 Å². The van der Waals surface area contributed by atoms with E-state index >= 15 is 0 Å². The molecule has 1 aromatic heterocycles. The van der Waals surface area contributed by atoms with Gasteiger partial charge in [-0.1, -0.05) is 43.7 Å². The van der Waals surface area contributed by atoms with E-state index in [0.717, 1.165) is 53.0 Å². The third-order valence-corrected chi connectivity index (χ3v) is 4.91. The van der Waals surface area contributed by atoms with E-state index in [-0.39, 0.29) is 36.6 Å². The summed E-state index contributed by atoms with van der Waals surface area (Å²) in [7, 11) is 0. The van der Waals surface area contributed by atoms with Gasteiger partial charge in [0.1, 0.15) is 0 Å². The van der Waals surface area contributed by atoms with Gasteiger partial charge in [-0.2, -0.15) is 0 Å². The summed E-state index contributed by atoms with van der Waals surface area (Å²) in [5.74, 6) is 0.741. The van der Waals surface area contributed by atoms with Crippen LogP contribution in [0.5, 0.6) is 0 Å². The molecule has 154 valence electrons. The number of rotatable bonds is 6. The number of hydrogen-bond acceptors (Lipinski definition) is 3. The Bertz CT molecular complexity index is 816. The molecule has 1 fully saturated rings. The molecule has 1 amide bonds. The van der Waals surface area contributed by atoms with Crippen LogP contribution in [0.25, 0.3) is 11.1 Å². The van der Waals surface area contributed by atoms with Crippen LogP contribution in [0.4, 0.5) is 5.69 Å². The number of nitrogens with two attached hydrogens (primary N) is 1. The van der Waals surface area contributed by atoms with E-state index in [9.17, 15) is 4.79 Å². The summed E-state index contributed by atoms with van der Waals surface area (Å²) in [6.45, 7) is 8.83. The molecule has 2 aromatic rings. The van der Waals surface area contributed by atoms with E-state index in [2.05, 4.69) is 50.4 Å². The first-order valence-corrected chi connectivity index (χ1v) is 9.51. The van der Waals surface area contributed by atoms with Gasteiger partial charge < -0.3 is 11.1 Å². The molecule has 0 bridgehead atoms. The monoisotopic (exact) mass is 423 g/mol. The maximum absolute atomic E-state index is 12.5. The van der Waals surface area contributed by atoms with E-state index in [1.807, 2.05) is 6.92 Å². The number of halogens is 2. The third-order valence-electron chi connectivity index (χ3n) is 4.91. The largest absolute Gasteiger partial charge is 0.326 e. The zero-order valence-corrected chi connectivity index (χ0v) is 18.7. The number of nitrogens with zero attached hydrogens (tertiary/aromatic N) is 1. The molecule has 1 saturated carbocycles. The van der Waals surface area contributed by atoms with Crippen LogP contribution in [0.1, 0.15) is 49.2 Å². The second kappa shape index (κ2) is 10.2. The number of aromatic nitrogens is 1. The number of benzene rings is 1. The van der Waals surface area contributed by atoms with Gasteiger partial charge >= 0.3 is 0 Å². The topological polar surface area (TPSA) is 68.0 Å². The van der Waals surface area contributed by atoms with Gasteiger partial charge in [-0.05, 0) is 50.2 Å². The summed E-state index contributed by atoms with van der Waals surface area (Å²) in [6.07, 6.45) is 2.84. The minimum Gasteiger partial charge on any atom is -0.326 e. The predicted molar refractivity (Wildman–Crippen MR) is 121 cm³/mol. The number of aryl methyl sites for hydroxylation is 2. The Hall–Kier alpha value is -1.62. The first kappa shape index (κ1) is 24.4. The molecule has 1 heterocycles. The molecule has 0 unspecified atom stereocenters. The normalized spacial score (nSPS) is 12.9. The van der Waals surface area contributed by atoms with E-state index in [1.165, 1.54) is 5.56 Å². The van der Waals surface area contributed by atoms with E-state index in [1.54, 1.807) is 0 Å². The number of nitrogens with one attached hydrogen (secondary N) is 1. The lowest BCUT2D eigenvalue weighted by atomic mass is 9.92. The summed E-state index contributed by atoms with van der Waals surface area (Å²) in [5, 5.41) is 3.15. The molecule has 1 aliphatic rings. The predicted octanol–water partition coefficient (Wildman–Crippen LogP) is 5.21. The number of anilines is 1. The van der Waals surface area contributed by atoms with E-state index in [0.29, 0.717) is 12.5 Å². The van der Waals surface area contributed by atoms with Gasteiger partial charge in [-0.25, -0.2) is 0 Å². The van der Waals surface area contributed by atoms with Crippen LogP contribution >= 0.6 is 24.8 Å². The fourth-order valence-electron chi connectivity index (χ4n) is 3.34. The first-order valence-electron chi connectivity index (χ1n) is 9.51. The molecule has 0 spiro atoms. The Morgan fingerprint density at radius 3 is 2.29 bits per heavy atom. The molecular weight excluding hydrogens is 393 g/mol. The molecule has 1 aromatic carbocycles. The summed E-state index contributed by atoms with van der Waals surface area (Å²) < 4.78 is 0. The lowest BCUT2D eigenvalue weighted by Gasteiger charge is -2.21. The molecule has 0 saturated heterocycles. The standard InChI is InChI=1S/C22H29N3O.2ClH/c1-13(2)11-19-18(12-23)20(16-7-5-14(3)6-8-16)21(15(4)24-19)25-22(26)17-9-10-17;;/h5-8,13,17H,9-12,23H2,1-4H3,(H,25,26);2*1H. The maximum Gasteiger partial charge on any atom is 0.227 e. The van der Waals surface area contributed by atoms with Crippen LogP contribution < -0.4 is 11.1 Å². The second-order valence-corrected chi connectivity index (χ2v) is 7.80. The zero-order valence-electron chi connectivity index (χ0n) is 17.0. The Morgan fingerprint density at radius 2 is 1.79 bits per heavy atom. The van der Waals surface area contributed by atoms with Gasteiger partial charge in [-0.3, -0.25) is 9.78 Å². The SMILES string of the molecule is Cc1ccc(-c2c(CN)c(CC(C)C)nc(C)c2NC(=O)C2CC2)cc1.Cl.Cl. The lowest BCUT2D eigenvalue weighted by Crippen LogP contribution is -2.18. The van der Waals surface area contributed by atoms with E-state index < -0.39 is 0 Å². The molecule has 0 atom stereocenters. The molecule has 4 nitrogen and oxygen atoms in total. The van der Waals surface area contributed by atoms with Gasteiger partial charge in [0, 0.05) is 23.7 Å². The smallest absolute Gasteiger partial charge is 0.227 e. The van der Waals surface area contributed by atoms with Gasteiger partial charge in [-0.15, -0.1) is 24.8 Å². The molecule has 3 rings (SSSR count). The minimum atomic E-state index is 0. The van der Waals surface area contributed by atoms with Gasteiger partial charge in [0.2, 0.25) is 5.91 Å². The van der Waals surface area contributed by atoms with Crippen molar-refractivity contribution in [3.05, 3.63) is 46.8 Å². The molecule has 1 aliphatic carbocycles. The molecule has 6 heteroatoms. The fourth-order valence-corrected chi connectivity index (χ4v) is 3.34. The van der Waals surface area contributed by atoms with Crippen molar-refractivity contribution in [1.82, 2.24) is 4.98 Å². The van der Waals surface area contributed by atoms with Gasteiger partial charge in [0.05, 0.1) is 11.4 Å². The Balaban J connectivity index is 0.00000196. The Morgan fingerprint density at radius 1 is 1.18 bits per heavy atom. The number of pyridine rings is 1. The van der Waals surface area contributed by atoms with E-state index in [4.69, 9.17) is 10.7 Å².